The van der Waals surface area contributed by atoms with Gasteiger partial charge >= 0.3 is 0 Å². The predicted molar refractivity (Wildman–Crippen MR) is 76.0 cm³/mol. The first kappa shape index (κ1) is 12.3. The van der Waals surface area contributed by atoms with Gasteiger partial charge in [0.2, 0.25) is 0 Å². The predicted octanol–water partition coefficient (Wildman–Crippen LogP) is 2.35. The van der Waals surface area contributed by atoms with E-state index in [1.807, 2.05) is 30.3 Å². The molecule has 1 aromatic heterocycles. The molecule has 1 aromatic carbocycles. The Labute approximate surface area is 113 Å². The van der Waals surface area contributed by atoms with Crippen molar-refractivity contribution in [2.75, 3.05) is 13.1 Å². The van der Waals surface area contributed by atoms with E-state index in [-0.39, 0.29) is 5.92 Å². The van der Waals surface area contributed by atoms with Gasteiger partial charge in [0.05, 0.1) is 5.52 Å². The van der Waals surface area contributed by atoms with Crippen LogP contribution in [-0.4, -0.2) is 23.9 Å². The molecule has 0 unspecified atom stereocenters. The fourth-order valence-electron chi connectivity index (χ4n) is 2.79. The molecule has 0 aliphatic carbocycles. The number of para-hydroxylation sites is 1. The quantitative estimate of drug-likeness (QED) is 0.914. The largest absolute Gasteiger partial charge is 0.317 e. The Bertz CT molecular complexity index is 583. The SMILES string of the molecule is O=C(Cc1ccnc2ccccc12)C1CCNCC1. The molecule has 0 radical (unpaired) electrons. The molecule has 3 nitrogen and oxygen atoms in total. The highest BCUT2D eigenvalue weighted by molar-refractivity contribution is 5.90. The second-order valence-corrected chi connectivity index (χ2v) is 5.15. The van der Waals surface area contributed by atoms with Gasteiger partial charge in [0.15, 0.2) is 0 Å². The fourth-order valence-corrected chi connectivity index (χ4v) is 2.79. The van der Waals surface area contributed by atoms with E-state index in [0.29, 0.717) is 12.2 Å². The van der Waals surface area contributed by atoms with Crippen LogP contribution in [0.4, 0.5) is 0 Å². The molecule has 0 atom stereocenters. The van der Waals surface area contributed by atoms with E-state index in [9.17, 15) is 4.79 Å². The number of nitrogens with one attached hydrogen (secondary N) is 1. The first-order valence-corrected chi connectivity index (χ1v) is 6.90. The van der Waals surface area contributed by atoms with Crippen LogP contribution in [0.25, 0.3) is 10.9 Å². The number of aromatic nitrogens is 1. The Hall–Kier alpha value is -1.74. The average molecular weight is 254 g/mol. The van der Waals surface area contributed by atoms with Gasteiger partial charge in [0, 0.05) is 23.9 Å². The minimum absolute atomic E-state index is 0.230. The summed E-state index contributed by atoms with van der Waals surface area (Å²) in [5.74, 6) is 0.603. The normalized spacial score (nSPS) is 16.6. The van der Waals surface area contributed by atoms with Crippen molar-refractivity contribution < 1.29 is 4.79 Å². The molecule has 3 rings (SSSR count). The van der Waals surface area contributed by atoms with E-state index >= 15 is 0 Å². The van der Waals surface area contributed by atoms with Gasteiger partial charge in [-0.05, 0) is 43.6 Å². The monoisotopic (exact) mass is 254 g/mol. The zero-order valence-electron chi connectivity index (χ0n) is 10.9. The standard InChI is InChI=1S/C16H18N2O/c19-16(12-5-8-17-9-6-12)11-13-7-10-18-15-4-2-1-3-14(13)15/h1-4,7,10,12,17H,5-6,8-9,11H2. The lowest BCUT2D eigenvalue weighted by Gasteiger charge is -2.21. The van der Waals surface area contributed by atoms with Crippen LogP contribution in [-0.2, 0) is 11.2 Å². The summed E-state index contributed by atoms with van der Waals surface area (Å²) in [5.41, 5.74) is 2.08. The summed E-state index contributed by atoms with van der Waals surface area (Å²) in [5, 5.41) is 4.40. The van der Waals surface area contributed by atoms with Gasteiger partial charge in [-0.2, -0.15) is 0 Å². The van der Waals surface area contributed by atoms with Crippen LogP contribution < -0.4 is 5.32 Å². The minimum Gasteiger partial charge on any atom is -0.317 e. The maximum atomic E-state index is 12.4. The molecule has 1 aliphatic rings. The third-order valence-corrected chi connectivity index (χ3v) is 3.90. The summed E-state index contributed by atoms with van der Waals surface area (Å²) in [4.78, 5) is 16.7. The van der Waals surface area contributed by atoms with Gasteiger partial charge < -0.3 is 5.32 Å². The first-order valence-electron chi connectivity index (χ1n) is 6.90. The van der Waals surface area contributed by atoms with Crippen LogP contribution in [0.15, 0.2) is 36.5 Å². The number of fused-ring (bicyclic) bond motifs is 1. The van der Waals surface area contributed by atoms with E-state index in [1.165, 1.54) is 0 Å². The van der Waals surface area contributed by atoms with Crippen molar-refractivity contribution in [3.63, 3.8) is 0 Å². The van der Waals surface area contributed by atoms with Gasteiger partial charge in [0.1, 0.15) is 5.78 Å². The summed E-state index contributed by atoms with van der Waals surface area (Å²) in [6.45, 7) is 1.93. The maximum absolute atomic E-state index is 12.4. The molecule has 0 saturated carbocycles. The molecule has 1 fully saturated rings. The Kier molecular flexibility index (Phi) is 3.56. The van der Waals surface area contributed by atoms with Crippen molar-refractivity contribution in [2.45, 2.75) is 19.3 Å². The van der Waals surface area contributed by atoms with Crippen LogP contribution in [0.2, 0.25) is 0 Å². The third kappa shape index (κ3) is 2.66. The van der Waals surface area contributed by atoms with Gasteiger partial charge in [0.25, 0.3) is 0 Å². The lowest BCUT2D eigenvalue weighted by molar-refractivity contribution is -0.122. The Morgan fingerprint density at radius 3 is 2.84 bits per heavy atom. The van der Waals surface area contributed by atoms with Gasteiger partial charge in [-0.1, -0.05) is 18.2 Å². The molecule has 1 aliphatic heterocycles. The first-order chi connectivity index (χ1) is 9.34. The van der Waals surface area contributed by atoms with Crippen molar-refractivity contribution in [3.05, 3.63) is 42.1 Å². The number of ketones is 1. The topological polar surface area (TPSA) is 42.0 Å². The van der Waals surface area contributed by atoms with Crippen molar-refractivity contribution in [2.24, 2.45) is 5.92 Å². The number of carbonyl (C=O) groups excluding carboxylic acids is 1. The number of hydrogen-bond acceptors (Lipinski definition) is 3. The summed E-state index contributed by atoms with van der Waals surface area (Å²) >= 11 is 0. The van der Waals surface area contributed by atoms with E-state index in [4.69, 9.17) is 0 Å². The Morgan fingerprint density at radius 1 is 1.21 bits per heavy atom. The lowest BCUT2D eigenvalue weighted by Crippen LogP contribution is -2.32. The molecule has 0 spiro atoms. The van der Waals surface area contributed by atoms with E-state index < -0.39 is 0 Å². The summed E-state index contributed by atoms with van der Waals surface area (Å²) in [6.07, 6.45) is 4.28. The molecule has 98 valence electrons. The van der Waals surface area contributed by atoms with Crippen LogP contribution >= 0.6 is 0 Å². The summed E-state index contributed by atoms with van der Waals surface area (Å²) < 4.78 is 0. The maximum Gasteiger partial charge on any atom is 0.140 e. The van der Waals surface area contributed by atoms with E-state index in [1.54, 1.807) is 6.20 Å². The van der Waals surface area contributed by atoms with Crippen molar-refractivity contribution >= 4 is 16.7 Å². The molecule has 2 aromatic rings. The molecule has 3 heteroatoms. The second kappa shape index (κ2) is 5.49. The third-order valence-electron chi connectivity index (χ3n) is 3.90. The molecular weight excluding hydrogens is 236 g/mol. The highest BCUT2D eigenvalue weighted by atomic mass is 16.1. The molecular formula is C16H18N2O. The lowest BCUT2D eigenvalue weighted by atomic mass is 9.89. The van der Waals surface area contributed by atoms with Gasteiger partial charge in [-0.25, -0.2) is 0 Å². The van der Waals surface area contributed by atoms with Crippen molar-refractivity contribution in [1.29, 1.82) is 0 Å². The number of carbonyl (C=O) groups is 1. The average Bonchev–Trinajstić information content (AvgIpc) is 2.48. The number of benzene rings is 1. The number of pyridine rings is 1. The number of Topliss-reactive ketones (excluding diaryl/α,β-unsaturated/α-hetero) is 1. The number of nitrogens with zero attached hydrogens (tertiary/aromatic N) is 1. The summed E-state index contributed by atoms with van der Waals surface area (Å²) in [6, 6.07) is 10.00. The fraction of sp³-hybridized carbons (Fsp3) is 0.375. The molecule has 0 bridgehead atoms. The summed E-state index contributed by atoms with van der Waals surface area (Å²) in [7, 11) is 0. The molecule has 2 heterocycles. The van der Waals surface area contributed by atoms with Crippen molar-refractivity contribution in [1.82, 2.24) is 10.3 Å². The van der Waals surface area contributed by atoms with Gasteiger partial charge in [-0.3, -0.25) is 9.78 Å². The Balaban J connectivity index is 1.82. The van der Waals surface area contributed by atoms with Crippen LogP contribution in [0, 0.1) is 5.92 Å². The zero-order chi connectivity index (χ0) is 13.1. The minimum atomic E-state index is 0.230. The number of rotatable bonds is 3. The Morgan fingerprint density at radius 2 is 2.00 bits per heavy atom. The smallest absolute Gasteiger partial charge is 0.140 e. The zero-order valence-corrected chi connectivity index (χ0v) is 10.9. The molecule has 0 amide bonds. The second-order valence-electron chi connectivity index (χ2n) is 5.15. The van der Waals surface area contributed by atoms with Crippen molar-refractivity contribution in [3.8, 4) is 0 Å². The van der Waals surface area contributed by atoms with Crippen LogP contribution in [0.1, 0.15) is 18.4 Å². The number of piperidine rings is 1. The highest BCUT2D eigenvalue weighted by Gasteiger charge is 2.21. The molecule has 1 N–H and O–H groups in total. The highest BCUT2D eigenvalue weighted by Crippen LogP contribution is 2.20. The van der Waals surface area contributed by atoms with E-state index in [0.717, 1.165) is 42.4 Å². The van der Waals surface area contributed by atoms with Crippen LogP contribution in [0.3, 0.4) is 0 Å². The number of hydrogen-bond donors (Lipinski definition) is 1. The van der Waals surface area contributed by atoms with E-state index in [2.05, 4.69) is 10.3 Å². The van der Waals surface area contributed by atoms with Gasteiger partial charge in [-0.15, -0.1) is 0 Å². The molecule has 1 saturated heterocycles. The molecule has 19 heavy (non-hydrogen) atoms. The van der Waals surface area contributed by atoms with Crippen LogP contribution in [0.5, 0.6) is 0 Å².